The van der Waals surface area contributed by atoms with Gasteiger partial charge in [0.05, 0.1) is 12.5 Å². The lowest BCUT2D eigenvalue weighted by molar-refractivity contribution is -0.124. The van der Waals surface area contributed by atoms with Crippen molar-refractivity contribution >= 4 is 23.4 Å². The van der Waals surface area contributed by atoms with Gasteiger partial charge in [0.1, 0.15) is 5.82 Å². The Morgan fingerprint density at radius 2 is 1.91 bits per heavy atom. The first-order valence-corrected chi connectivity index (χ1v) is 11.3. The van der Waals surface area contributed by atoms with Crippen LogP contribution in [0.4, 0.5) is 10.1 Å². The van der Waals surface area contributed by atoms with Gasteiger partial charge in [-0.2, -0.15) is 0 Å². The van der Waals surface area contributed by atoms with Crippen LogP contribution < -0.4 is 21.3 Å². The molecule has 3 amide bonds. The average Bonchev–Trinajstić information content (AvgIpc) is 3.24. The predicted molar refractivity (Wildman–Crippen MR) is 125 cm³/mol. The van der Waals surface area contributed by atoms with Gasteiger partial charge in [-0.05, 0) is 49.9 Å². The smallest absolute Gasteiger partial charge is 0.250 e. The first-order valence-electron chi connectivity index (χ1n) is 11.3. The molecule has 9 heteroatoms. The van der Waals surface area contributed by atoms with E-state index in [4.69, 9.17) is 0 Å². The summed E-state index contributed by atoms with van der Waals surface area (Å²) in [6.07, 6.45) is 1.73. The number of fused-ring (bicyclic) bond motifs is 1. The number of carbonyl (C=O) groups excluding carboxylic acids is 3. The van der Waals surface area contributed by atoms with E-state index >= 15 is 0 Å². The second-order valence-electron chi connectivity index (χ2n) is 8.27. The van der Waals surface area contributed by atoms with E-state index in [2.05, 4.69) is 40.0 Å². The second-order valence-corrected chi connectivity index (χ2v) is 8.27. The average molecular weight is 458 g/mol. The fourth-order valence-electron chi connectivity index (χ4n) is 4.24. The molecular formula is C24H32FN5O3. The lowest BCUT2D eigenvalue weighted by Crippen LogP contribution is -2.41. The fraction of sp³-hybridized carbons (Fsp3) is 0.458. The number of carbonyl (C=O) groups is 3. The van der Waals surface area contributed by atoms with Crippen LogP contribution in [0.15, 0.2) is 41.2 Å². The number of halogens is 1. The summed E-state index contributed by atoms with van der Waals surface area (Å²) in [5.41, 5.74) is 3.02. The number of nitrogens with one attached hydrogen (secondary N) is 4. The Bertz CT molecular complexity index is 1000. The molecular weight excluding hydrogens is 425 g/mol. The van der Waals surface area contributed by atoms with Crippen LogP contribution in [-0.4, -0.2) is 55.3 Å². The fourth-order valence-corrected chi connectivity index (χ4v) is 4.24. The maximum atomic E-state index is 13.7. The van der Waals surface area contributed by atoms with Crippen LogP contribution in [0.3, 0.4) is 0 Å². The van der Waals surface area contributed by atoms with Gasteiger partial charge in [-0.1, -0.05) is 20.8 Å². The molecule has 0 spiro atoms. The highest BCUT2D eigenvalue weighted by atomic mass is 19.1. The van der Waals surface area contributed by atoms with E-state index < -0.39 is 11.7 Å². The largest absolute Gasteiger partial charge is 0.362 e. The number of nitrogens with zero attached hydrogens (tertiary/aromatic N) is 1. The Hall–Kier alpha value is -3.20. The third-order valence-corrected chi connectivity index (χ3v) is 6.17. The number of rotatable bonds is 9. The van der Waals surface area contributed by atoms with Crippen LogP contribution in [0.25, 0.3) is 0 Å². The van der Waals surface area contributed by atoms with Crippen molar-refractivity contribution in [2.45, 2.75) is 33.6 Å². The molecule has 1 aromatic carbocycles. The molecule has 2 unspecified atom stereocenters. The van der Waals surface area contributed by atoms with E-state index in [1.54, 1.807) is 19.1 Å². The summed E-state index contributed by atoms with van der Waals surface area (Å²) in [7, 11) is 0. The van der Waals surface area contributed by atoms with Crippen molar-refractivity contribution in [1.82, 2.24) is 20.9 Å². The first kappa shape index (κ1) is 24.4. The molecule has 2 aliphatic heterocycles. The van der Waals surface area contributed by atoms with Crippen molar-refractivity contribution in [2.75, 3.05) is 38.0 Å². The summed E-state index contributed by atoms with van der Waals surface area (Å²) in [4.78, 5) is 39.5. The summed E-state index contributed by atoms with van der Waals surface area (Å²) >= 11 is 0. The number of likely N-dealkylation sites (N-methyl/N-ethyl adjacent to an activating group) is 1. The molecule has 2 atom stereocenters. The zero-order valence-corrected chi connectivity index (χ0v) is 19.5. The Balaban J connectivity index is 1.59. The number of allylic oxidation sites excluding steroid dienone is 2. The van der Waals surface area contributed by atoms with Gasteiger partial charge in [0.25, 0.3) is 0 Å². The molecule has 8 nitrogen and oxygen atoms in total. The lowest BCUT2D eigenvalue weighted by atomic mass is 9.94. The molecule has 0 bridgehead atoms. The van der Waals surface area contributed by atoms with Gasteiger partial charge in [0, 0.05) is 41.7 Å². The monoisotopic (exact) mass is 457 g/mol. The quantitative estimate of drug-likeness (QED) is 0.453. The predicted octanol–water partition coefficient (Wildman–Crippen LogP) is 1.83. The van der Waals surface area contributed by atoms with E-state index in [9.17, 15) is 18.8 Å². The molecule has 0 fully saturated rings. The standard InChI is InChI=1S/C24H32FN5O3/c1-5-30(6-2)10-9-26-21(31)13-27-24(33)22-14(3)20(28-15(22)4)12-18-17-11-16(25)7-8-19(17)29-23(18)32/h7-8,11-12,14,18,28H,5-6,9-10,13H2,1-4H3,(H,26,31)(H,27,33)(H,29,32). The van der Waals surface area contributed by atoms with Crippen LogP contribution in [-0.2, 0) is 14.4 Å². The number of hydrogen-bond donors (Lipinski definition) is 4. The number of benzene rings is 1. The van der Waals surface area contributed by atoms with Crippen LogP contribution in [0.1, 0.15) is 39.2 Å². The molecule has 3 rings (SSSR count). The topological polar surface area (TPSA) is 103 Å². The number of hydrogen-bond acceptors (Lipinski definition) is 5. The maximum Gasteiger partial charge on any atom is 0.250 e. The zero-order valence-electron chi connectivity index (χ0n) is 19.5. The summed E-state index contributed by atoms with van der Waals surface area (Å²) in [5.74, 6) is -2.19. The normalized spacial score (nSPS) is 20.7. The summed E-state index contributed by atoms with van der Waals surface area (Å²) in [6, 6.07) is 4.20. The van der Waals surface area contributed by atoms with Crippen molar-refractivity contribution in [3.63, 3.8) is 0 Å². The molecule has 1 aromatic rings. The van der Waals surface area contributed by atoms with E-state index in [1.165, 1.54) is 12.1 Å². The van der Waals surface area contributed by atoms with Gasteiger partial charge in [-0.25, -0.2) is 4.39 Å². The van der Waals surface area contributed by atoms with E-state index in [0.29, 0.717) is 34.8 Å². The molecule has 4 N–H and O–H groups in total. The lowest BCUT2D eigenvalue weighted by Gasteiger charge is -2.18. The SMILES string of the molecule is CCN(CC)CCNC(=O)CNC(=O)C1=C(C)NC(=CC2C(=O)Nc3ccc(F)cc32)C1C. The van der Waals surface area contributed by atoms with E-state index in [-0.39, 0.29) is 30.2 Å². The molecule has 33 heavy (non-hydrogen) atoms. The summed E-state index contributed by atoms with van der Waals surface area (Å²) in [5, 5.41) is 11.4. The number of anilines is 1. The van der Waals surface area contributed by atoms with Crippen LogP contribution in [0.2, 0.25) is 0 Å². The summed E-state index contributed by atoms with van der Waals surface area (Å²) in [6.45, 7) is 10.8. The van der Waals surface area contributed by atoms with Gasteiger partial charge < -0.3 is 26.2 Å². The van der Waals surface area contributed by atoms with Crippen molar-refractivity contribution in [3.8, 4) is 0 Å². The van der Waals surface area contributed by atoms with Crippen molar-refractivity contribution in [2.24, 2.45) is 5.92 Å². The minimum atomic E-state index is -0.646. The first-order chi connectivity index (χ1) is 15.7. The van der Waals surface area contributed by atoms with Gasteiger partial charge in [-0.15, -0.1) is 0 Å². The zero-order chi connectivity index (χ0) is 24.1. The maximum absolute atomic E-state index is 13.7. The van der Waals surface area contributed by atoms with Crippen molar-refractivity contribution < 1.29 is 18.8 Å². The Morgan fingerprint density at radius 3 is 2.61 bits per heavy atom. The van der Waals surface area contributed by atoms with Crippen LogP contribution in [0, 0.1) is 11.7 Å². The van der Waals surface area contributed by atoms with Crippen LogP contribution in [0.5, 0.6) is 0 Å². The molecule has 2 aliphatic rings. The molecule has 2 heterocycles. The Labute approximate surface area is 193 Å². The molecule has 0 radical (unpaired) electrons. The summed E-state index contributed by atoms with van der Waals surface area (Å²) < 4.78 is 13.7. The van der Waals surface area contributed by atoms with Gasteiger partial charge in [0.15, 0.2) is 0 Å². The van der Waals surface area contributed by atoms with Gasteiger partial charge >= 0.3 is 0 Å². The van der Waals surface area contributed by atoms with Crippen LogP contribution >= 0.6 is 0 Å². The highest BCUT2D eigenvalue weighted by Gasteiger charge is 2.34. The Morgan fingerprint density at radius 1 is 1.18 bits per heavy atom. The minimum Gasteiger partial charge on any atom is -0.362 e. The molecule has 178 valence electrons. The molecule has 0 saturated carbocycles. The number of amides is 3. The molecule has 0 aromatic heterocycles. The highest BCUT2D eigenvalue weighted by molar-refractivity contribution is 6.04. The molecule has 0 saturated heterocycles. The van der Waals surface area contributed by atoms with E-state index in [1.807, 2.05) is 6.92 Å². The Kier molecular flexibility index (Phi) is 7.86. The molecule has 0 aliphatic carbocycles. The third kappa shape index (κ3) is 5.60. The van der Waals surface area contributed by atoms with Gasteiger partial charge in [-0.3, -0.25) is 14.4 Å². The van der Waals surface area contributed by atoms with Crippen molar-refractivity contribution in [1.29, 1.82) is 0 Å². The van der Waals surface area contributed by atoms with Crippen molar-refractivity contribution in [3.05, 3.63) is 52.6 Å². The van der Waals surface area contributed by atoms with E-state index in [0.717, 1.165) is 19.6 Å². The third-order valence-electron chi connectivity index (χ3n) is 6.17. The second kappa shape index (κ2) is 10.6. The minimum absolute atomic E-state index is 0.114. The highest BCUT2D eigenvalue weighted by Crippen LogP contribution is 2.37. The van der Waals surface area contributed by atoms with Gasteiger partial charge in [0.2, 0.25) is 17.7 Å².